The maximum absolute atomic E-state index is 12.2. The lowest BCUT2D eigenvalue weighted by Gasteiger charge is -2.12. The number of methoxy groups -OCH3 is 2. The van der Waals surface area contributed by atoms with E-state index in [2.05, 4.69) is 5.32 Å². The number of esters is 1. The van der Waals surface area contributed by atoms with Crippen LogP contribution in [0.15, 0.2) is 42.5 Å². The van der Waals surface area contributed by atoms with Gasteiger partial charge in [0.05, 0.1) is 26.5 Å². The van der Waals surface area contributed by atoms with Crippen LogP contribution in [0, 0.1) is 0 Å². The molecule has 7 nitrogen and oxygen atoms in total. The van der Waals surface area contributed by atoms with Crippen molar-refractivity contribution in [3.63, 3.8) is 0 Å². The molecule has 26 heavy (non-hydrogen) atoms. The summed E-state index contributed by atoms with van der Waals surface area (Å²) >= 11 is 0. The van der Waals surface area contributed by atoms with Gasteiger partial charge in [-0.15, -0.1) is 0 Å². The summed E-state index contributed by atoms with van der Waals surface area (Å²) in [7, 11) is 2.94. The SMILES string of the molecule is CCOc1ccccc1NC(=O)COC(=O)c1ccc(OC)cc1OC. The number of rotatable bonds is 8. The molecule has 1 amide bonds. The molecule has 0 spiro atoms. The molecule has 138 valence electrons. The van der Waals surface area contributed by atoms with Crippen LogP contribution in [0.1, 0.15) is 17.3 Å². The quantitative estimate of drug-likeness (QED) is 0.730. The van der Waals surface area contributed by atoms with E-state index in [0.717, 1.165) is 0 Å². The predicted octanol–water partition coefficient (Wildman–Crippen LogP) is 2.90. The predicted molar refractivity (Wildman–Crippen MR) is 96.1 cm³/mol. The highest BCUT2D eigenvalue weighted by Gasteiger charge is 2.17. The van der Waals surface area contributed by atoms with Crippen LogP contribution in [0.3, 0.4) is 0 Å². The first-order valence-corrected chi connectivity index (χ1v) is 7.99. The number of nitrogens with one attached hydrogen (secondary N) is 1. The van der Waals surface area contributed by atoms with E-state index in [1.807, 2.05) is 6.92 Å². The minimum Gasteiger partial charge on any atom is -0.497 e. The summed E-state index contributed by atoms with van der Waals surface area (Å²) < 4.78 is 20.7. The molecule has 1 N–H and O–H groups in total. The first-order chi connectivity index (χ1) is 12.6. The molecule has 0 unspecified atom stereocenters. The Hall–Kier alpha value is -3.22. The van der Waals surface area contributed by atoms with Crippen molar-refractivity contribution < 1.29 is 28.5 Å². The average molecular weight is 359 g/mol. The summed E-state index contributed by atoms with van der Waals surface area (Å²) in [6, 6.07) is 11.7. The van der Waals surface area contributed by atoms with Crippen LogP contribution in [0.2, 0.25) is 0 Å². The standard InChI is InChI=1S/C19H21NO6/c1-4-25-16-8-6-5-7-15(16)20-18(21)12-26-19(22)14-10-9-13(23-2)11-17(14)24-3/h5-11H,4,12H2,1-3H3,(H,20,21). The number of benzene rings is 2. The van der Waals surface area contributed by atoms with Crippen molar-refractivity contribution in [1.29, 1.82) is 0 Å². The van der Waals surface area contributed by atoms with Crippen LogP contribution in [0.4, 0.5) is 5.69 Å². The van der Waals surface area contributed by atoms with Gasteiger partial charge in [-0.3, -0.25) is 4.79 Å². The van der Waals surface area contributed by atoms with Gasteiger partial charge < -0.3 is 24.3 Å². The molecule has 0 saturated heterocycles. The van der Waals surface area contributed by atoms with E-state index < -0.39 is 18.5 Å². The number of hydrogen-bond acceptors (Lipinski definition) is 6. The van der Waals surface area contributed by atoms with E-state index in [1.165, 1.54) is 20.3 Å². The van der Waals surface area contributed by atoms with Gasteiger partial charge in [0.1, 0.15) is 22.8 Å². The summed E-state index contributed by atoms with van der Waals surface area (Å²) in [6.45, 7) is 1.89. The lowest BCUT2D eigenvalue weighted by Crippen LogP contribution is -2.21. The van der Waals surface area contributed by atoms with E-state index >= 15 is 0 Å². The lowest BCUT2D eigenvalue weighted by molar-refractivity contribution is -0.119. The highest BCUT2D eigenvalue weighted by atomic mass is 16.5. The number of carbonyl (C=O) groups is 2. The number of amides is 1. The molecule has 2 aromatic rings. The highest BCUT2D eigenvalue weighted by molar-refractivity contribution is 5.97. The van der Waals surface area contributed by atoms with Gasteiger partial charge in [0.15, 0.2) is 6.61 Å². The second kappa shape index (κ2) is 9.31. The minimum atomic E-state index is -0.669. The molecule has 0 aliphatic heterocycles. The maximum Gasteiger partial charge on any atom is 0.342 e. The number of ether oxygens (including phenoxy) is 4. The van der Waals surface area contributed by atoms with Gasteiger partial charge in [-0.2, -0.15) is 0 Å². The van der Waals surface area contributed by atoms with Gasteiger partial charge in [-0.05, 0) is 31.2 Å². The summed E-state index contributed by atoms with van der Waals surface area (Å²) in [5.74, 6) is 0.252. The Morgan fingerprint density at radius 2 is 1.77 bits per heavy atom. The van der Waals surface area contributed by atoms with E-state index in [0.29, 0.717) is 29.5 Å². The highest BCUT2D eigenvalue weighted by Crippen LogP contribution is 2.26. The molecule has 0 bridgehead atoms. The molecular weight excluding hydrogens is 338 g/mol. The topological polar surface area (TPSA) is 83.1 Å². The van der Waals surface area contributed by atoms with Gasteiger partial charge in [-0.25, -0.2) is 4.79 Å². The molecule has 0 atom stereocenters. The third-order valence-corrected chi connectivity index (χ3v) is 3.42. The summed E-state index contributed by atoms with van der Waals surface area (Å²) in [5, 5.41) is 2.66. The second-order valence-corrected chi connectivity index (χ2v) is 5.12. The minimum absolute atomic E-state index is 0.204. The van der Waals surface area contributed by atoms with Gasteiger partial charge in [0, 0.05) is 6.07 Å². The average Bonchev–Trinajstić information content (AvgIpc) is 2.67. The zero-order chi connectivity index (χ0) is 18.9. The van der Waals surface area contributed by atoms with Crippen LogP contribution in [-0.4, -0.2) is 39.3 Å². The van der Waals surface area contributed by atoms with Crippen molar-refractivity contribution in [2.24, 2.45) is 0 Å². The van der Waals surface area contributed by atoms with Crippen LogP contribution in [0.25, 0.3) is 0 Å². The van der Waals surface area contributed by atoms with Crippen molar-refractivity contribution in [2.75, 3.05) is 32.8 Å². The first kappa shape index (κ1) is 19.1. The van der Waals surface area contributed by atoms with E-state index in [4.69, 9.17) is 18.9 Å². The van der Waals surface area contributed by atoms with Crippen molar-refractivity contribution in [1.82, 2.24) is 0 Å². The molecule has 0 aromatic heterocycles. The number of anilines is 1. The van der Waals surface area contributed by atoms with Crippen molar-refractivity contribution in [2.45, 2.75) is 6.92 Å². The number of carbonyl (C=O) groups excluding carboxylic acids is 2. The Bertz CT molecular complexity index is 774. The Balaban J connectivity index is 1.98. The van der Waals surface area contributed by atoms with Gasteiger partial charge in [0.25, 0.3) is 5.91 Å². The third-order valence-electron chi connectivity index (χ3n) is 3.42. The summed E-state index contributed by atoms with van der Waals surface area (Å²) in [6.07, 6.45) is 0. The maximum atomic E-state index is 12.2. The molecule has 0 saturated carbocycles. The molecule has 2 aromatic carbocycles. The number of para-hydroxylation sites is 2. The smallest absolute Gasteiger partial charge is 0.342 e. The zero-order valence-corrected chi connectivity index (χ0v) is 14.9. The Morgan fingerprint density at radius 3 is 2.46 bits per heavy atom. The van der Waals surface area contributed by atoms with Crippen LogP contribution < -0.4 is 19.5 Å². The molecule has 0 aliphatic rings. The van der Waals surface area contributed by atoms with Gasteiger partial charge in [-0.1, -0.05) is 12.1 Å². The molecule has 2 rings (SSSR count). The summed E-state index contributed by atoms with van der Waals surface area (Å²) in [5.41, 5.74) is 0.716. The fraction of sp³-hybridized carbons (Fsp3) is 0.263. The molecule has 0 aliphatic carbocycles. The largest absolute Gasteiger partial charge is 0.497 e. The monoisotopic (exact) mass is 359 g/mol. The lowest BCUT2D eigenvalue weighted by atomic mass is 10.2. The molecule has 0 fully saturated rings. The normalized spacial score (nSPS) is 9.96. The third kappa shape index (κ3) is 4.89. The van der Waals surface area contributed by atoms with Crippen molar-refractivity contribution >= 4 is 17.6 Å². The van der Waals surface area contributed by atoms with E-state index in [-0.39, 0.29) is 5.56 Å². The van der Waals surface area contributed by atoms with E-state index in [1.54, 1.807) is 36.4 Å². The fourth-order valence-electron chi connectivity index (χ4n) is 2.21. The molecular formula is C19H21NO6. The Labute approximate surface area is 151 Å². The Morgan fingerprint density at radius 1 is 1.00 bits per heavy atom. The van der Waals surface area contributed by atoms with Gasteiger partial charge >= 0.3 is 5.97 Å². The molecule has 0 radical (unpaired) electrons. The molecule has 7 heteroatoms. The second-order valence-electron chi connectivity index (χ2n) is 5.12. The van der Waals surface area contributed by atoms with E-state index in [9.17, 15) is 9.59 Å². The van der Waals surface area contributed by atoms with Crippen LogP contribution in [0.5, 0.6) is 17.2 Å². The van der Waals surface area contributed by atoms with Crippen LogP contribution in [-0.2, 0) is 9.53 Å². The summed E-state index contributed by atoms with van der Waals surface area (Å²) in [4.78, 5) is 24.3. The van der Waals surface area contributed by atoms with Crippen LogP contribution >= 0.6 is 0 Å². The zero-order valence-electron chi connectivity index (χ0n) is 14.9. The first-order valence-electron chi connectivity index (χ1n) is 7.99. The fourth-order valence-corrected chi connectivity index (χ4v) is 2.21. The van der Waals surface area contributed by atoms with Gasteiger partial charge in [0.2, 0.25) is 0 Å². The van der Waals surface area contributed by atoms with Crippen molar-refractivity contribution in [3.05, 3.63) is 48.0 Å². The molecule has 0 heterocycles. The number of hydrogen-bond donors (Lipinski definition) is 1. The Kier molecular flexibility index (Phi) is 6.84. The van der Waals surface area contributed by atoms with Crippen molar-refractivity contribution in [3.8, 4) is 17.2 Å².